The van der Waals surface area contributed by atoms with E-state index in [1.807, 2.05) is 19.1 Å². The molecule has 0 radical (unpaired) electrons. The molecule has 0 aliphatic heterocycles. The van der Waals surface area contributed by atoms with Gasteiger partial charge < -0.3 is 15.1 Å². The third kappa shape index (κ3) is 3.40. The van der Waals surface area contributed by atoms with E-state index in [1.54, 1.807) is 36.5 Å². The number of fused-ring (bicyclic) bond motifs is 1. The molecule has 2 amide bonds. The van der Waals surface area contributed by atoms with Crippen LogP contribution in [0, 0.1) is 6.92 Å². The van der Waals surface area contributed by atoms with Crippen LogP contribution >= 0.6 is 11.3 Å². The first-order valence-electron chi connectivity index (χ1n) is 7.05. The van der Waals surface area contributed by atoms with Crippen LogP contribution in [0.5, 0.6) is 0 Å². The summed E-state index contributed by atoms with van der Waals surface area (Å²) in [6.45, 7) is 3.56. The van der Waals surface area contributed by atoms with Gasteiger partial charge in [0.05, 0.1) is 21.5 Å². The maximum Gasteiger partial charge on any atom is 0.287 e. The second-order valence-corrected chi connectivity index (χ2v) is 6.31. The average Bonchev–Trinajstić information content (AvgIpc) is 3.14. The Labute approximate surface area is 136 Å². The van der Waals surface area contributed by atoms with E-state index in [2.05, 4.69) is 15.6 Å². The zero-order valence-corrected chi connectivity index (χ0v) is 13.4. The molecule has 2 aromatic heterocycles. The SMILES string of the molecule is Cc1nc2ccc(NC(=O)[C@H](C)NC(=O)c3ccco3)cc2s1. The zero-order valence-electron chi connectivity index (χ0n) is 12.6. The van der Waals surface area contributed by atoms with Gasteiger partial charge in [0.1, 0.15) is 6.04 Å². The minimum Gasteiger partial charge on any atom is -0.459 e. The van der Waals surface area contributed by atoms with Crippen LogP contribution in [0.3, 0.4) is 0 Å². The number of hydrogen-bond donors (Lipinski definition) is 2. The molecule has 0 saturated carbocycles. The van der Waals surface area contributed by atoms with Crippen molar-refractivity contribution in [1.29, 1.82) is 0 Å². The lowest BCUT2D eigenvalue weighted by Gasteiger charge is -2.13. The van der Waals surface area contributed by atoms with Gasteiger partial charge in [-0.05, 0) is 44.2 Å². The van der Waals surface area contributed by atoms with Crippen LogP contribution in [0.25, 0.3) is 10.2 Å². The van der Waals surface area contributed by atoms with E-state index >= 15 is 0 Å². The molecule has 118 valence electrons. The summed E-state index contributed by atoms with van der Waals surface area (Å²) in [4.78, 5) is 28.4. The molecule has 0 aliphatic rings. The fourth-order valence-electron chi connectivity index (χ4n) is 2.11. The summed E-state index contributed by atoms with van der Waals surface area (Å²) in [6.07, 6.45) is 1.41. The monoisotopic (exact) mass is 329 g/mol. The van der Waals surface area contributed by atoms with Gasteiger partial charge in [0.25, 0.3) is 5.91 Å². The first-order valence-corrected chi connectivity index (χ1v) is 7.87. The van der Waals surface area contributed by atoms with Gasteiger partial charge in [-0.2, -0.15) is 0 Å². The number of aromatic nitrogens is 1. The molecular weight excluding hydrogens is 314 g/mol. The highest BCUT2D eigenvalue weighted by atomic mass is 32.1. The molecule has 23 heavy (non-hydrogen) atoms. The number of thiazole rings is 1. The van der Waals surface area contributed by atoms with E-state index in [0.29, 0.717) is 5.69 Å². The van der Waals surface area contributed by atoms with Gasteiger partial charge in [-0.15, -0.1) is 11.3 Å². The molecular formula is C16H15N3O3S. The Morgan fingerprint density at radius 1 is 1.30 bits per heavy atom. The van der Waals surface area contributed by atoms with E-state index in [1.165, 1.54) is 6.26 Å². The number of aryl methyl sites for hydroxylation is 1. The van der Waals surface area contributed by atoms with Crippen LogP contribution in [0.15, 0.2) is 41.0 Å². The maximum absolute atomic E-state index is 12.2. The Balaban J connectivity index is 1.66. The number of hydrogen-bond acceptors (Lipinski definition) is 5. The minimum absolute atomic E-state index is 0.172. The van der Waals surface area contributed by atoms with E-state index in [4.69, 9.17) is 4.42 Å². The van der Waals surface area contributed by atoms with Crippen molar-refractivity contribution in [3.8, 4) is 0 Å². The van der Waals surface area contributed by atoms with E-state index in [9.17, 15) is 9.59 Å². The summed E-state index contributed by atoms with van der Waals surface area (Å²) in [5, 5.41) is 6.35. The predicted octanol–water partition coefficient (Wildman–Crippen LogP) is 2.95. The highest BCUT2D eigenvalue weighted by Gasteiger charge is 2.18. The summed E-state index contributed by atoms with van der Waals surface area (Å²) in [6, 6.07) is 8.00. The maximum atomic E-state index is 12.2. The number of anilines is 1. The summed E-state index contributed by atoms with van der Waals surface area (Å²) < 4.78 is 6.00. The molecule has 7 heteroatoms. The number of nitrogens with one attached hydrogen (secondary N) is 2. The lowest BCUT2D eigenvalue weighted by Crippen LogP contribution is -2.41. The fourth-order valence-corrected chi connectivity index (χ4v) is 2.98. The van der Waals surface area contributed by atoms with Crippen molar-refractivity contribution < 1.29 is 14.0 Å². The van der Waals surface area contributed by atoms with E-state index in [0.717, 1.165) is 15.2 Å². The minimum atomic E-state index is -0.688. The van der Waals surface area contributed by atoms with Crippen molar-refractivity contribution in [3.05, 3.63) is 47.4 Å². The topological polar surface area (TPSA) is 84.2 Å². The largest absolute Gasteiger partial charge is 0.459 e. The Hall–Kier alpha value is -2.67. The van der Waals surface area contributed by atoms with Crippen molar-refractivity contribution in [1.82, 2.24) is 10.3 Å². The molecule has 3 rings (SSSR count). The lowest BCUT2D eigenvalue weighted by atomic mass is 10.2. The first-order chi connectivity index (χ1) is 11.0. The van der Waals surface area contributed by atoms with Crippen LogP contribution in [-0.4, -0.2) is 22.8 Å². The second-order valence-electron chi connectivity index (χ2n) is 5.08. The summed E-state index contributed by atoms with van der Waals surface area (Å²) in [7, 11) is 0. The van der Waals surface area contributed by atoms with Gasteiger partial charge in [0, 0.05) is 5.69 Å². The summed E-state index contributed by atoms with van der Waals surface area (Å²) in [5.74, 6) is -0.553. The molecule has 0 unspecified atom stereocenters. The number of carbonyl (C=O) groups is 2. The highest BCUT2D eigenvalue weighted by molar-refractivity contribution is 7.18. The third-order valence-electron chi connectivity index (χ3n) is 3.25. The standard InChI is InChI=1S/C16H15N3O3S/c1-9(17-16(21)13-4-3-7-22-13)15(20)19-11-5-6-12-14(8-11)23-10(2)18-12/h3-9H,1-2H3,(H,17,21)(H,19,20)/t9-/m0/s1. The van der Waals surface area contributed by atoms with Gasteiger partial charge in [0.2, 0.25) is 5.91 Å². The van der Waals surface area contributed by atoms with Crippen LogP contribution in [0.1, 0.15) is 22.5 Å². The predicted molar refractivity (Wildman–Crippen MR) is 88.6 cm³/mol. The Morgan fingerprint density at radius 2 is 2.13 bits per heavy atom. The second kappa shape index (κ2) is 6.21. The zero-order chi connectivity index (χ0) is 16.4. The number of carbonyl (C=O) groups excluding carboxylic acids is 2. The molecule has 2 N–H and O–H groups in total. The molecule has 0 fully saturated rings. The Morgan fingerprint density at radius 3 is 2.87 bits per heavy atom. The van der Waals surface area contributed by atoms with Gasteiger partial charge in [-0.3, -0.25) is 9.59 Å². The average molecular weight is 329 g/mol. The van der Waals surface area contributed by atoms with Crippen molar-refractivity contribution in [2.75, 3.05) is 5.32 Å². The number of benzene rings is 1. The van der Waals surface area contributed by atoms with Crippen LogP contribution < -0.4 is 10.6 Å². The molecule has 0 spiro atoms. The molecule has 3 aromatic rings. The van der Waals surface area contributed by atoms with Crippen molar-refractivity contribution in [2.24, 2.45) is 0 Å². The molecule has 1 atom stereocenters. The molecule has 1 aromatic carbocycles. The Kier molecular flexibility index (Phi) is 4.12. The lowest BCUT2D eigenvalue weighted by molar-refractivity contribution is -0.117. The number of rotatable bonds is 4. The number of furan rings is 1. The van der Waals surface area contributed by atoms with Crippen molar-refractivity contribution in [2.45, 2.75) is 19.9 Å². The van der Waals surface area contributed by atoms with Crippen molar-refractivity contribution in [3.63, 3.8) is 0 Å². The van der Waals surface area contributed by atoms with Gasteiger partial charge in [0.15, 0.2) is 5.76 Å². The quantitative estimate of drug-likeness (QED) is 0.771. The Bertz CT molecular complexity index is 855. The van der Waals surface area contributed by atoms with Gasteiger partial charge in [-0.25, -0.2) is 4.98 Å². The molecule has 0 aliphatic carbocycles. The van der Waals surface area contributed by atoms with E-state index < -0.39 is 11.9 Å². The highest BCUT2D eigenvalue weighted by Crippen LogP contribution is 2.24. The molecule has 2 heterocycles. The summed E-state index contributed by atoms with van der Waals surface area (Å²) in [5.41, 5.74) is 1.58. The molecule has 0 bridgehead atoms. The van der Waals surface area contributed by atoms with Gasteiger partial charge >= 0.3 is 0 Å². The fraction of sp³-hybridized carbons (Fsp3) is 0.188. The number of amides is 2. The van der Waals surface area contributed by atoms with Crippen LogP contribution in [0.2, 0.25) is 0 Å². The van der Waals surface area contributed by atoms with Crippen LogP contribution in [0.4, 0.5) is 5.69 Å². The summed E-state index contributed by atoms with van der Waals surface area (Å²) >= 11 is 1.57. The van der Waals surface area contributed by atoms with Gasteiger partial charge in [-0.1, -0.05) is 0 Å². The molecule has 0 saturated heterocycles. The van der Waals surface area contributed by atoms with Crippen molar-refractivity contribution >= 4 is 39.1 Å². The van der Waals surface area contributed by atoms with Crippen LogP contribution in [-0.2, 0) is 4.79 Å². The normalized spacial score (nSPS) is 12.1. The number of nitrogens with zero attached hydrogens (tertiary/aromatic N) is 1. The molecule has 6 nitrogen and oxygen atoms in total. The first kappa shape index (κ1) is 15.2. The smallest absolute Gasteiger partial charge is 0.287 e. The third-order valence-corrected chi connectivity index (χ3v) is 4.18. The van der Waals surface area contributed by atoms with E-state index in [-0.39, 0.29) is 11.7 Å².